The van der Waals surface area contributed by atoms with E-state index in [2.05, 4.69) is 48.5 Å². The van der Waals surface area contributed by atoms with Gasteiger partial charge in [0, 0.05) is 11.8 Å². The Labute approximate surface area is 119 Å². The minimum absolute atomic E-state index is 0.0725. The lowest BCUT2D eigenvalue weighted by Gasteiger charge is -2.16. The van der Waals surface area contributed by atoms with Crippen molar-refractivity contribution in [3.63, 3.8) is 0 Å². The van der Waals surface area contributed by atoms with Gasteiger partial charge in [-0.3, -0.25) is 0 Å². The second-order valence-electron chi connectivity index (χ2n) is 5.30. The molecule has 100 valence electrons. The van der Waals surface area contributed by atoms with Crippen LogP contribution in [0.15, 0.2) is 48.5 Å². The normalized spacial score (nSPS) is 14.4. The molecule has 1 unspecified atom stereocenters. The predicted octanol–water partition coefficient (Wildman–Crippen LogP) is 4.04. The summed E-state index contributed by atoms with van der Waals surface area (Å²) in [4.78, 5) is 11.2. The maximum absolute atomic E-state index is 11.2. The van der Waals surface area contributed by atoms with Crippen molar-refractivity contribution >= 4 is 12.5 Å². The molecule has 1 aliphatic carbocycles. The number of aldehydes is 1. The lowest BCUT2D eigenvalue weighted by molar-refractivity contribution is -0.111. The zero-order valence-corrected chi connectivity index (χ0v) is 11.3. The van der Waals surface area contributed by atoms with E-state index >= 15 is 0 Å². The molecule has 0 saturated heterocycles. The van der Waals surface area contributed by atoms with Gasteiger partial charge in [0.15, 0.2) is 0 Å². The third-order valence-corrected chi connectivity index (χ3v) is 4.11. The van der Waals surface area contributed by atoms with Crippen LogP contribution in [0, 0.1) is 11.3 Å². The standard InChI is InChI=1S/C18H17NO/c19-10-9-13(12-20)11-18-16-7-3-1-5-14(16)15-6-2-4-8-17(15)18/h1-8,10,12-13,18-19H,9,11H2. The molecular weight excluding hydrogens is 246 g/mol. The van der Waals surface area contributed by atoms with Crippen LogP contribution in [0.5, 0.6) is 0 Å². The molecule has 3 rings (SSSR count). The number of carbonyl (C=O) groups is 1. The fourth-order valence-electron chi connectivity index (χ4n) is 3.18. The highest BCUT2D eigenvalue weighted by atomic mass is 16.1. The van der Waals surface area contributed by atoms with Crippen molar-refractivity contribution in [2.24, 2.45) is 5.92 Å². The molecule has 0 spiro atoms. The molecule has 0 saturated carbocycles. The second kappa shape index (κ2) is 5.41. The number of carbonyl (C=O) groups excluding carboxylic acids is 1. The van der Waals surface area contributed by atoms with Crippen LogP contribution in [0.4, 0.5) is 0 Å². The summed E-state index contributed by atoms with van der Waals surface area (Å²) in [5.41, 5.74) is 5.19. The zero-order valence-electron chi connectivity index (χ0n) is 11.3. The first-order chi connectivity index (χ1) is 9.85. The highest BCUT2D eigenvalue weighted by Gasteiger charge is 2.29. The Morgan fingerprint density at radius 3 is 2.05 bits per heavy atom. The third kappa shape index (κ3) is 2.07. The molecule has 0 aliphatic heterocycles. The smallest absolute Gasteiger partial charge is 0.123 e. The van der Waals surface area contributed by atoms with Gasteiger partial charge in [0.25, 0.3) is 0 Å². The zero-order chi connectivity index (χ0) is 13.9. The van der Waals surface area contributed by atoms with E-state index < -0.39 is 0 Å². The van der Waals surface area contributed by atoms with Crippen molar-refractivity contribution < 1.29 is 4.79 Å². The average Bonchev–Trinajstić information content (AvgIpc) is 2.82. The Morgan fingerprint density at radius 1 is 1.00 bits per heavy atom. The molecule has 1 atom stereocenters. The number of hydrogen-bond donors (Lipinski definition) is 1. The molecule has 0 aromatic heterocycles. The second-order valence-corrected chi connectivity index (χ2v) is 5.30. The van der Waals surface area contributed by atoms with E-state index in [1.54, 1.807) is 0 Å². The van der Waals surface area contributed by atoms with Gasteiger partial charge < -0.3 is 10.2 Å². The molecule has 2 nitrogen and oxygen atoms in total. The van der Waals surface area contributed by atoms with Crippen LogP contribution in [0.1, 0.15) is 29.9 Å². The van der Waals surface area contributed by atoms with Gasteiger partial charge in [0.05, 0.1) is 0 Å². The van der Waals surface area contributed by atoms with E-state index in [1.807, 2.05) is 0 Å². The minimum Gasteiger partial charge on any atom is -0.313 e. The molecule has 0 fully saturated rings. The predicted molar refractivity (Wildman–Crippen MR) is 81.3 cm³/mol. The van der Waals surface area contributed by atoms with E-state index in [-0.39, 0.29) is 11.8 Å². The van der Waals surface area contributed by atoms with Crippen LogP contribution in [0.2, 0.25) is 0 Å². The molecular formula is C18H17NO. The third-order valence-electron chi connectivity index (χ3n) is 4.11. The Bertz CT molecular complexity index is 602. The number of nitrogens with one attached hydrogen (secondary N) is 1. The fourth-order valence-corrected chi connectivity index (χ4v) is 3.18. The quantitative estimate of drug-likeness (QED) is 0.641. The van der Waals surface area contributed by atoms with Crippen LogP contribution in [0.25, 0.3) is 11.1 Å². The van der Waals surface area contributed by atoms with Crippen LogP contribution in [-0.4, -0.2) is 12.5 Å². The summed E-state index contributed by atoms with van der Waals surface area (Å²) >= 11 is 0. The maximum Gasteiger partial charge on any atom is 0.123 e. The molecule has 2 aromatic carbocycles. The van der Waals surface area contributed by atoms with Crippen LogP contribution in [0.3, 0.4) is 0 Å². The summed E-state index contributed by atoms with van der Waals surface area (Å²) in [6.07, 6.45) is 3.65. The van der Waals surface area contributed by atoms with E-state index in [9.17, 15) is 4.79 Å². The molecule has 0 amide bonds. The van der Waals surface area contributed by atoms with Crippen molar-refractivity contribution in [3.05, 3.63) is 59.7 Å². The van der Waals surface area contributed by atoms with Gasteiger partial charge in [0.2, 0.25) is 0 Å². The Morgan fingerprint density at radius 2 is 1.55 bits per heavy atom. The summed E-state index contributed by atoms with van der Waals surface area (Å²) in [5.74, 6) is 0.203. The number of hydrogen-bond acceptors (Lipinski definition) is 2. The largest absolute Gasteiger partial charge is 0.313 e. The Balaban J connectivity index is 2.02. The Kier molecular flexibility index (Phi) is 3.46. The molecule has 2 heteroatoms. The molecule has 0 heterocycles. The van der Waals surface area contributed by atoms with Crippen molar-refractivity contribution in [2.45, 2.75) is 18.8 Å². The summed E-state index contributed by atoms with van der Waals surface area (Å²) in [7, 11) is 0. The van der Waals surface area contributed by atoms with Gasteiger partial charge >= 0.3 is 0 Å². The summed E-state index contributed by atoms with van der Waals surface area (Å²) < 4.78 is 0. The van der Waals surface area contributed by atoms with Gasteiger partial charge in [-0.05, 0) is 41.3 Å². The minimum atomic E-state index is -0.0725. The monoisotopic (exact) mass is 263 g/mol. The maximum atomic E-state index is 11.2. The van der Waals surface area contributed by atoms with Gasteiger partial charge in [-0.25, -0.2) is 0 Å². The Hall–Kier alpha value is -2.22. The van der Waals surface area contributed by atoms with Gasteiger partial charge in [-0.15, -0.1) is 0 Å². The fraction of sp³-hybridized carbons (Fsp3) is 0.222. The summed E-state index contributed by atoms with van der Waals surface area (Å²) in [5, 5.41) is 7.22. The van der Waals surface area contributed by atoms with Gasteiger partial charge in [-0.2, -0.15) is 0 Å². The van der Waals surface area contributed by atoms with Crippen molar-refractivity contribution in [1.82, 2.24) is 0 Å². The highest BCUT2D eigenvalue weighted by Crippen LogP contribution is 2.47. The summed E-state index contributed by atoms with van der Waals surface area (Å²) in [6, 6.07) is 16.9. The molecule has 2 aromatic rings. The topological polar surface area (TPSA) is 40.9 Å². The number of benzene rings is 2. The van der Waals surface area contributed by atoms with E-state index in [1.165, 1.54) is 28.5 Å². The molecule has 0 bridgehead atoms. The van der Waals surface area contributed by atoms with Gasteiger partial charge in [-0.1, -0.05) is 48.5 Å². The number of fused-ring (bicyclic) bond motifs is 3. The first kappa shape index (κ1) is 12.8. The van der Waals surface area contributed by atoms with E-state index in [4.69, 9.17) is 5.41 Å². The van der Waals surface area contributed by atoms with Crippen molar-refractivity contribution in [2.75, 3.05) is 0 Å². The van der Waals surface area contributed by atoms with Crippen molar-refractivity contribution in [1.29, 1.82) is 5.41 Å². The van der Waals surface area contributed by atoms with Gasteiger partial charge in [0.1, 0.15) is 6.29 Å². The first-order valence-corrected chi connectivity index (χ1v) is 6.97. The van der Waals surface area contributed by atoms with Crippen LogP contribution >= 0.6 is 0 Å². The lowest BCUT2D eigenvalue weighted by atomic mass is 9.86. The highest BCUT2D eigenvalue weighted by molar-refractivity contribution is 5.79. The molecule has 1 aliphatic rings. The molecule has 1 N–H and O–H groups in total. The van der Waals surface area contributed by atoms with E-state index in [0.29, 0.717) is 6.42 Å². The molecule has 20 heavy (non-hydrogen) atoms. The van der Waals surface area contributed by atoms with Crippen LogP contribution in [-0.2, 0) is 4.79 Å². The lowest BCUT2D eigenvalue weighted by Crippen LogP contribution is -2.09. The van der Waals surface area contributed by atoms with Crippen molar-refractivity contribution in [3.8, 4) is 11.1 Å². The van der Waals surface area contributed by atoms with Crippen LogP contribution < -0.4 is 0 Å². The first-order valence-electron chi connectivity index (χ1n) is 6.97. The van der Waals surface area contributed by atoms with E-state index in [0.717, 1.165) is 12.7 Å². The average molecular weight is 263 g/mol. The number of rotatable bonds is 5. The SMILES string of the molecule is N=CCC(C=O)CC1c2ccccc2-c2ccccc21. The summed E-state index contributed by atoms with van der Waals surface area (Å²) in [6.45, 7) is 0. The molecule has 0 radical (unpaired) electrons.